The lowest BCUT2D eigenvalue weighted by atomic mass is 9.79. The van der Waals surface area contributed by atoms with Crippen LogP contribution in [0.5, 0.6) is 0 Å². The van der Waals surface area contributed by atoms with Gasteiger partial charge in [0, 0.05) is 13.7 Å². The lowest BCUT2D eigenvalue weighted by Crippen LogP contribution is -2.35. The molecule has 0 aromatic carbocycles. The van der Waals surface area contributed by atoms with Gasteiger partial charge < -0.3 is 14.2 Å². The summed E-state index contributed by atoms with van der Waals surface area (Å²) in [7, 11) is 1.70. The molecule has 1 fully saturated rings. The van der Waals surface area contributed by atoms with Crippen molar-refractivity contribution in [1.82, 2.24) is 0 Å². The van der Waals surface area contributed by atoms with E-state index in [4.69, 9.17) is 14.2 Å². The van der Waals surface area contributed by atoms with Gasteiger partial charge in [0.1, 0.15) is 0 Å². The van der Waals surface area contributed by atoms with Crippen LogP contribution in [0.1, 0.15) is 129 Å². The summed E-state index contributed by atoms with van der Waals surface area (Å²) >= 11 is 0. The van der Waals surface area contributed by atoms with Crippen molar-refractivity contribution in [3.8, 4) is 0 Å². The number of carbonyl (C=O) groups excluding carboxylic acids is 2. The van der Waals surface area contributed by atoms with Gasteiger partial charge in [0.2, 0.25) is 0 Å². The third kappa shape index (κ3) is 15.0. The van der Waals surface area contributed by atoms with Crippen LogP contribution in [0.15, 0.2) is 0 Å². The van der Waals surface area contributed by atoms with Gasteiger partial charge in [0.15, 0.2) is 0 Å². The van der Waals surface area contributed by atoms with E-state index >= 15 is 0 Å². The van der Waals surface area contributed by atoms with Gasteiger partial charge in [0.25, 0.3) is 0 Å². The van der Waals surface area contributed by atoms with E-state index in [2.05, 4.69) is 13.8 Å². The van der Waals surface area contributed by atoms with Gasteiger partial charge in [-0.3, -0.25) is 9.59 Å². The fraction of sp³-hybridized carbons (Fsp3) is 0.931. The van der Waals surface area contributed by atoms with E-state index in [1.165, 1.54) is 64.2 Å². The number of carbonyl (C=O) groups is 2. The highest BCUT2D eigenvalue weighted by molar-refractivity contribution is 5.82. The highest BCUT2D eigenvalue weighted by Crippen LogP contribution is 2.32. The fourth-order valence-electron chi connectivity index (χ4n) is 4.85. The molecule has 0 aromatic rings. The largest absolute Gasteiger partial charge is 0.465 e. The van der Waals surface area contributed by atoms with Gasteiger partial charge in [-0.15, -0.1) is 0 Å². The standard InChI is InChI=1S/C29H54O5/c1-4-5-6-7-8-9-10-11-12-13-14-17-22-33-28(30)26-18-15-16-19-27(26)29(31)34-24-21-25(2)20-23-32-3/h25-27H,4-24H2,1-3H3. The molecule has 0 saturated heterocycles. The summed E-state index contributed by atoms with van der Waals surface area (Å²) in [6.45, 7) is 6.03. The average Bonchev–Trinajstić information content (AvgIpc) is 2.85. The summed E-state index contributed by atoms with van der Waals surface area (Å²) < 4.78 is 16.2. The van der Waals surface area contributed by atoms with E-state index in [-0.39, 0.29) is 23.8 Å². The molecular formula is C29H54O5. The highest BCUT2D eigenvalue weighted by Gasteiger charge is 2.37. The summed E-state index contributed by atoms with van der Waals surface area (Å²) in [4.78, 5) is 25.3. The fourth-order valence-corrected chi connectivity index (χ4v) is 4.85. The Balaban J connectivity index is 2.12. The number of hydrogen-bond acceptors (Lipinski definition) is 5. The minimum absolute atomic E-state index is 0.196. The van der Waals surface area contributed by atoms with E-state index in [0.29, 0.717) is 19.1 Å². The minimum atomic E-state index is -0.336. The van der Waals surface area contributed by atoms with Crippen LogP contribution in [-0.2, 0) is 23.8 Å². The average molecular weight is 483 g/mol. The lowest BCUT2D eigenvalue weighted by molar-refractivity contribution is -0.163. The van der Waals surface area contributed by atoms with Crippen LogP contribution in [0.25, 0.3) is 0 Å². The monoisotopic (exact) mass is 482 g/mol. The molecule has 0 aliphatic heterocycles. The predicted octanol–water partition coefficient (Wildman–Crippen LogP) is 7.64. The Morgan fingerprint density at radius 3 is 1.62 bits per heavy atom. The van der Waals surface area contributed by atoms with Gasteiger partial charge in [-0.2, -0.15) is 0 Å². The van der Waals surface area contributed by atoms with E-state index in [0.717, 1.165) is 58.0 Å². The number of methoxy groups -OCH3 is 1. The Morgan fingerprint density at radius 2 is 1.12 bits per heavy atom. The van der Waals surface area contributed by atoms with Crippen molar-refractivity contribution in [3.63, 3.8) is 0 Å². The Bertz CT molecular complexity index is 507. The van der Waals surface area contributed by atoms with E-state index in [1.54, 1.807) is 7.11 Å². The maximum Gasteiger partial charge on any atom is 0.309 e. The Labute approximate surface area is 210 Å². The molecule has 1 saturated carbocycles. The van der Waals surface area contributed by atoms with Crippen molar-refractivity contribution < 1.29 is 23.8 Å². The number of rotatable bonds is 21. The molecule has 5 nitrogen and oxygen atoms in total. The van der Waals surface area contributed by atoms with Crippen LogP contribution in [0.4, 0.5) is 0 Å². The Hall–Kier alpha value is -1.10. The SMILES string of the molecule is CCCCCCCCCCCCCCOC(=O)C1CCCCC1C(=O)OCCC(C)CCOC. The van der Waals surface area contributed by atoms with Gasteiger partial charge in [-0.25, -0.2) is 0 Å². The molecule has 1 aliphatic rings. The van der Waals surface area contributed by atoms with Gasteiger partial charge >= 0.3 is 11.9 Å². The third-order valence-electron chi connectivity index (χ3n) is 7.28. The van der Waals surface area contributed by atoms with Crippen LogP contribution in [0.3, 0.4) is 0 Å². The van der Waals surface area contributed by atoms with E-state index in [1.807, 2.05) is 0 Å². The van der Waals surface area contributed by atoms with E-state index < -0.39 is 0 Å². The van der Waals surface area contributed by atoms with Crippen LogP contribution in [0.2, 0.25) is 0 Å². The zero-order valence-corrected chi connectivity index (χ0v) is 22.6. The first kappa shape index (κ1) is 30.9. The van der Waals surface area contributed by atoms with Gasteiger partial charge in [-0.1, -0.05) is 97.3 Å². The molecule has 34 heavy (non-hydrogen) atoms. The topological polar surface area (TPSA) is 61.8 Å². The second-order valence-corrected chi connectivity index (χ2v) is 10.4. The first-order valence-corrected chi connectivity index (χ1v) is 14.4. The number of esters is 2. The van der Waals surface area contributed by atoms with E-state index in [9.17, 15) is 9.59 Å². The number of unbranched alkanes of at least 4 members (excludes halogenated alkanes) is 11. The molecule has 0 spiro atoms. The summed E-state index contributed by atoms with van der Waals surface area (Å²) in [5, 5.41) is 0. The van der Waals surface area contributed by atoms with Crippen molar-refractivity contribution in [3.05, 3.63) is 0 Å². The first-order valence-electron chi connectivity index (χ1n) is 14.4. The van der Waals surface area contributed by atoms with Gasteiger partial charge in [0.05, 0.1) is 25.0 Å². The molecule has 0 radical (unpaired) electrons. The molecule has 3 atom stereocenters. The van der Waals surface area contributed by atoms with Crippen molar-refractivity contribution in [2.24, 2.45) is 17.8 Å². The third-order valence-corrected chi connectivity index (χ3v) is 7.28. The van der Waals surface area contributed by atoms with Crippen molar-refractivity contribution in [2.75, 3.05) is 26.9 Å². The molecule has 1 aliphatic carbocycles. The summed E-state index contributed by atoms with van der Waals surface area (Å²) in [6, 6.07) is 0. The number of hydrogen-bond donors (Lipinski definition) is 0. The zero-order chi connectivity index (χ0) is 24.9. The second-order valence-electron chi connectivity index (χ2n) is 10.4. The quantitative estimate of drug-likeness (QED) is 0.124. The van der Waals surface area contributed by atoms with Crippen molar-refractivity contribution >= 4 is 11.9 Å². The highest BCUT2D eigenvalue weighted by atomic mass is 16.5. The van der Waals surface area contributed by atoms with Crippen LogP contribution < -0.4 is 0 Å². The smallest absolute Gasteiger partial charge is 0.309 e. The summed E-state index contributed by atoms with van der Waals surface area (Å²) in [5.41, 5.74) is 0. The van der Waals surface area contributed by atoms with Crippen molar-refractivity contribution in [2.45, 2.75) is 129 Å². The Kier molecular flexibility index (Phi) is 19.3. The van der Waals surface area contributed by atoms with Crippen LogP contribution in [0, 0.1) is 17.8 Å². The molecule has 0 amide bonds. The second kappa shape index (κ2) is 21.2. The molecule has 0 heterocycles. The van der Waals surface area contributed by atoms with Gasteiger partial charge in [-0.05, 0) is 38.0 Å². The molecule has 0 N–H and O–H groups in total. The molecule has 3 unspecified atom stereocenters. The molecule has 0 bridgehead atoms. The van der Waals surface area contributed by atoms with Crippen molar-refractivity contribution in [1.29, 1.82) is 0 Å². The summed E-state index contributed by atoms with van der Waals surface area (Å²) in [6.07, 6.45) is 20.7. The maximum atomic E-state index is 12.7. The normalized spacial score (nSPS) is 19.0. The Morgan fingerprint density at radius 1 is 0.676 bits per heavy atom. The minimum Gasteiger partial charge on any atom is -0.465 e. The molecule has 5 heteroatoms. The predicted molar refractivity (Wildman–Crippen MR) is 139 cm³/mol. The first-order chi connectivity index (χ1) is 16.6. The molecule has 0 aromatic heterocycles. The molecule has 200 valence electrons. The molecular weight excluding hydrogens is 428 g/mol. The molecule has 1 rings (SSSR count). The van der Waals surface area contributed by atoms with Crippen LogP contribution >= 0.6 is 0 Å². The maximum absolute atomic E-state index is 12.7. The zero-order valence-electron chi connectivity index (χ0n) is 22.6. The number of ether oxygens (including phenoxy) is 3. The summed E-state index contributed by atoms with van der Waals surface area (Å²) in [5.74, 6) is -0.624. The van der Waals surface area contributed by atoms with Crippen LogP contribution in [-0.4, -0.2) is 38.9 Å². The lowest BCUT2D eigenvalue weighted by Gasteiger charge is -2.28.